The third kappa shape index (κ3) is 4.59. The maximum Gasteiger partial charge on any atom is 0.416 e. The number of likely N-dealkylation sites (N-methyl/N-ethyl adjacent to an activating group) is 1. The highest BCUT2D eigenvalue weighted by Crippen LogP contribution is 2.67. The Morgan fingerprint density at radius 3 is 2.52 bits per heavy atom. The Kier molecular flexibility index (Phi) is 7.50. The molecule has 0 N–H and O–H groups in total. The first-order valence-corrected chi connectivity index (χ1v) is 15.2. The van der Waals surface area contributed by atoms with Crippen molar-refractivity contribution in [1.29, 1.82) is 0 Å². The van der Waals surface area contributed by atoms with Crippen LogP contribution in [-0.4, -0.2) is 72.7 Å². The Labute approximate surface area is 255 Å². The molecule has 0 aromatic heterocycles. The minimum atomic E-state index is -4.43. The second-order valence-corrected chi connectivity index (χ2v) is 13.0. The number of esters is 1. The average molecular weight is 613 g/mol. The summed E-state index contributed by atoms with van der Waals surface area (Å²) in [7, 11) is 3.69. The van der Waals surface area contributed by atoms with E-state index in [2.05, 4.69) is 18.0 Å². The van der Waals surface area contributed by atoms with Gasteiger partial charge in [-0.2, -0.15) is 13.2 Å². The van der Waals surface area contributed by atoms with Gasteiger partial charge in [-0.25, -0.2) is 0 Å². The van der Waals surface area contributed by atoms with Crippen LogP contribution in [0.15, 0.2) is 42.5 Å². The highest BCUT2D eigenvalue weighted by Gasteiger charge is 2.75. The summed E-state index contributed by atoms with van der Waals surface area (Å²) in [5, 5.41) is 0. The van der Waals surface area contributed by atoms with Crippen LogP contribution >= 0.6 is 0 Å². The number of hydrogen-bond donors (Lipinski definition) is 0. The van der Waals surface area contributed by atoms with E-state index in [4.69, 9.17) is 14.2 Å². The van der Waals surface area contributed by atoms with Gasteiger partial charge in [0.15, 0.2) is 11.5 Å². The Balaban J connectivity index is 1.42. The normalized spacial score (nSPS) is 28.9. The molecule has 236 valence electrons. The monoisotopic (exact) mass is 612 g/mol. The van der Waals surface area contributed by atoms with E-state index in [0.717, 1.165) is 29.8 Å². The molecule has 0 unspecified atom stereocenters. The Morgan fingerprint density at radius 1 is 1.16 bits per heavy atom. The van der Waals surface area contributed by atoms with Gasteiger partial charge in [-0.3, -0.25) is 14.5 Å². The molecule has 1 saturated heterocycles. The summed E-state index contributed by atoms with van der Waals surface area (Å²) in [6.45, 7) is 6.79. The van der Waals surface area contributed by atoms with Crippen molar-refractivity contribution < 1.29 is 37.0 Å². The summed E-state index contributed by atoms with van der Waals surface area (Å²) in [4.78, 5) is 30.9. The molecule has 6 rings (SSSR count). The molecule has 2 fully saturated rings. The number of nitrogens with zero attached hydrogens (tertiary/aromatic N) is 2. The number of carbonyl (C=O) groups is 2. The fraction of sp³-hybridized carbons (Fsp3) is 0.529. The predicted molar refractivity (Wildman–Crippen MR) is 158 cm³/mol. The van der Waals surface area contributed by atoms with E-state index in [1.165, 1.54) is 25.1 Å². The van der Waals surface area contributed by atoms with Gasteiger partial charge in [0.2, 0.25) is 5.91 Å². The number of halogens is 3. The number of amides is 1. The second kappa shape index (κ2) is 10.8. The van der Waals surface area contributed by atoms with Crippen molar-refractivity contribution in [2.45, 2.75) is 81.8 Å². The molecule has 4 aliphatic rings. The van der Waals surface area contributed by atoms with E-state index in [1.807, 2.05) is 24.8 Å². The smallest absolute Gasteiger partial charge is 0.416 e. The summed E-state index contributed by atoms with van der Waals surface area (Å²) >= 11 is 0. The number of hydrogen-bond acceptors (Lipinski definition) is 6. The molecule has 2 aliphatic heterocycles. The van der Waals surface area contributed by atoms with E-state index < -0.39 is 28.9 Å². The van der Waals surface area contributed by atoms with E-state index in [1.54, 1.807) is 13.2 Å². The lowest BCUT2D eigenvalue weighted by Crippen LogP contribution is -2.79. The second-order valence-electron chi connectivity index (χ2n) is 13.0. The van der Waals surface area contributed by atoms with Crippen molar-refractivity contribution >= 4 is 18.0 Å². The van der Waals surface area contributed by atoms with Crippen LogP contribution in [0.4, 0.5) is 13.2 Å². The molecule has 2 bridgehead atoms. The van der Waals surface area contributed by atoms with E-state index in [0.29, 0.717) is 49.3 Å². The van der Waals surface area contributed by atoms with Crippen molar-refractivity contribution in [3.63, 3.8) is 0 Å². The Bertz CT molecular complexity index is 1490. The summed E-state index contributed by atoms with van der Waals surface area (Å²) in [6, 6.07) is 8.37. The first-order valence-electron chi connectivity index (χ1n) is 15.2. The molecule has 0 radical (unpaired) electrons. The number of carbonyl (C=O) groups excluding carboxylic acids is 2. The van der Waals surface area contributed by atoms with Gasteiger partial charge in [-0.15, -0.1) is 0 Å². The average Bonchev–Trinajstić information content (AvgIpc) is 3.32. The highest BCUT2D eigenvalue weighted by molar-refractivity contribution is 5.92. The Morgan fingerprint density at radius 2 is 1.89 bits per heavy atom. The number of benzene rings is 2. The van der Waals surface area contributed by atoms with Crippen molar-refractivity contribution in [3.8, 4) is 11.5 Å². The Hall–Kier alpha value is -3.53. The van der Waals surface area contributed by atoms with Crippen LogP contribution < -0.4 is 9.47 Å². The number of methoxy groups -OCH3 is 1. The van der Waals surface area contributed by atoms with Crippen LogP contribution in [-0.2, 0) is 32.3 Å². The standard InChI is InChI=1S/C34H39F3N2O5/c1-20(2)19-39(28(41)13-8-22-6-10-24(11-7-22)34(35,36)37)25-14-15-33(44-21(3)40)27-18-23-9-12-26(42-5)30-29(23)32(33,31(25)43-30)16-17-38(27)4/h6-13,20,25,27,31H,14-19H2,1-5H3/t25-,27+,31-,32-,33+/m0/s1. The number of piperidine rings is 1. The van der Waals surface area contributed by atoms with Gasteiger partial charge in [-0.05, 0) is 80.6 Å². The lowest BCUT2D eigenvalue weighted by molar-refractivity contribution is -0.221. The lowest BCUT2D eigenvalue weighted by atomic mass is 9.48. The molecule has 10 heteroatoms. The molecule has 5 atom stereocenters. The summed E-state index contributed by atoms with van der Waals surface area (Å²) in [5.74, 6) is 0.841. The number of alkyl halides is 3. The van der Waals surface area contributed by atoms with Crippen LogP contribution in [0, 0.1) is 5.92 Å². The highest BCUT2D eigenvalue weighted by atomic mass is 19.4. The zero-order valence-corrected chi connectivity index (χ0v) is 25.7. The van der Waals surface area contributed by atoms with Crippen LogP contribution in [0.2, 0.25) is 0 Å². The number of ether oxygens (including phenoxy) is 3. The molecule has 1 spiro atoms. The van der Waals surface area contributed by atoms with Gasteiger partial charge in [0, 0.05) is 25.1 Å². The molecule has 1 amide bonds. The minimum absolute atomic E-state index is 0.0483. The topological polar surface area (TPSA) is 68.3 Å². The molecular formula is C34H39F3N2O5. The summed E-state index contributed by atoms with van der Waals surface area (Å²) in [5.41, 5.74) is 0.429. The maximum absolute atomic E-state index is 14.0. The number of rotatable bonds is 7. The predicted octanol–water partition coefficient (Wildman–Crippen LogP) is 5.64. The van der Waals surface area contributed by atoms with Gasteiger partial charge < -0.3 is 19.1 Å². The third-order valence-corrected chi connectivity index (χ3v) is 10.1. The fourth-order valence-corrected chi connectivity index (χ4v) is 8.46. The molecule has 44 heavy (non-hydrogen) atoms. The molecule has 1 saturated carbocycles. The summed E-state index contributed by atoms with van der Waals surface area (Å²) < 4.78 is 58.3. The van der Waals surface area contributed by atoms with Crippen molar-refractivity contribution in [1.82, 2.24) is 9.80 Å². The van der Waals surface area contributed by atoms with Crippen LogP contribution in [0.25, 0.3) is 6.08 Å². The molecule has 2 aliphatic carbocycles. The van der Waals surface area contributed by atoms with Crippen LogP contribution in [0.5, 0.6) is 11.5 Å². The zero-order chi connectivity index (χ0) is 31.6. The fourth-order valence-electron chi connectivity index (χ4n) is 8.46. The molecule has 7 nitrogen and oxygen atoms in total. The van der Waals surface area contributed by atoms with Crippen LogP contribution in [0.1, 0.15) is 62.3 Å². The van der Waals surface area contributed by atoms with Gasteiger partial charge in [-0.1, -0.05) is 32.0 Å². The van der Waals surface area contributed by atoms with Gasteiger partial charge >= 0.3 is 12.1 Å². The van der Waals surface area contributed by atoms with Gasteiger partial charge in [0.1, 0.15) is 11.7 Å². The summed E-state index contributed by atoms with van der Waals surface area (Å²) in [6.07, 6.45) is 0.589. The first kappa shape index (κ1) is 30.5. The zero-order valence-electron chi connectivity index (χ0n) is 25.7. The van der Waals surface area contributed by atoms with E-state index in [-0.39, 0.29) is 29.9 Å². The van der Waals surface area contributed by atoms with Crippen molar-refractivity contribution in [2.75, 3.05) is 27.2 Å². The third-order valence-electron chi connectivity index (χ3n) is 10.1. The van der Waals surface area contributed by atoms with Crippen molar-refractivity contribution in [2.24, 2.45) is 5.92 Å². The quantitative estimate of drug-likeness (QED) is 0.298. The molecule has 2 aromatic carbocycles. The SMILES string of the molecule is COc1ccc2c3c1O[C@H]1[C@@H](N(CC(C)C)C(=O)C=Cc4ccc(C(F)(F)F)cc4)CC[C@@]4(OC(C)=O)[C@@H](C2)N(C)CC[C@]314. The molecular weight excluding hydrogens is 573 g/mol. The molecule has 2 heterocycles. The largest absolute Gasteiger partial charge is 0.493 e. The van der Waals surface area contributed by atoms with Gasteiger partial charge in [0.05, 0.1) is 30.2 Å². The van der Waals surface area contributed by atoms with E-state index in [9.17, 15) is 22.8 Å². The lowest BCUT2D eigenvalue weighted by Gasteiger charge is -2.65. The van der Waals surface area contributed by atoms with Crippen molar-refractivity contribution in [3.05, 3.63) is 64.7 Å². The number of likely N-dealkylation sites (tertiary alicyclic amines) is 1. The molecule has 2 aromatic rings. The van der Waals surface area contributed by atoms with Gasteiger partial charge in [0.25, 0.3) is 0 Å². The van der Waals surface area contributed by atoms with E-state index >= 15 is 0 Å². The van der Waals surface area contributed by atoms with Crippen LogP contribution in [0.3, 0.4) is 0 Å². The maximum atomic E-state index is 14.0. The minimum Gasteiger partial charge on any atom is -0.493 e. The first-order chi connectivity index (χ1) is 20.8.